The summed E-state index contributed by atoms with van der Waals surface area (Å²) in [7, 11) is 1.69. The fourth-order valence-corrected chi connectivity index (χ4v) is 5.35. The van der Waals surface area contributed by atoms with E-state index in [0.717, 1.165) is 11.6 Å². The van der Waals surface area contributed by atoms with Gasteiger partial charge in [-0.15, -0.1) is 0 Å². The molecule has 4 aromatic rings. The fraction of sp³-hybridized carbons (Fsp3) is 0.276. The van der Waals surface area contributed by atoms with E-state index in [9.17, 15) is 14.4 Å². The number of halogens is 2. The summed E-state index contributed by atoms with van der Waals surface area (Å²) < 4.78 is 30.4. The van der Waals surface area contributed by atoms with Crippen LogP contribution in [0.15, 0.2) is 71.5 Å². The van der Waals surface area contributed by atoms with Crippen molar-refractivity contribution in [2.45, 2.75) is 32.0 Å². The predicted molar refractivity (Wildman–Crippen MR) is 139 cm³/mol. The second-order valence-electron chi connectivity index (χ2n) is 9.63. The third-order valence-electron chi connectivity index (χ3n) is 7.23. The minimum atomic E-state index is -0.610. The van der Waals surface area contributed by atoms with Crippen LogP contribution < -0.4 is 10.5 Å². The molecule has 2 aromatic heterocycles. The van der Waals surface area contributed by atoms with Crippen molar-refractivity contribution in [1.82, 2.24) is 14.5 Å². The highest BCUT2D eigenvalue weighted by Gasteiger charge is 2.36. The molecule has 0 saturated carbocycles. The molecule has 1 aliphatic rings. The molecule has 0 spiro atoms. The molecule has 3 heterocycles. The van der Waals surface area contributed by atoms with Crippen molar-refractivity contribution in [2.24, 2.45) is 7.05 Å². The standard InChI is InChI=1S/C29H27F2N5O/c1-18-17-36(29(20-7-5-4-6-8-20)23-11-9-21(30)13-24(23)31)19(2)16-35(18)26-14-27(37)34(3)25-12-10-22(15-32)33-28(25)26/h4-14,18-19,29H,16-17H2,1-3H3/t18-,19+,29?/m0/s1. The number of nitrogens with zero attached hydrogens (tertiary/aromatic N) is 5. The lowest BCUT2D eigenvalue weighted by molar-refractivity contribution is 0.128. The summed E-state index contributed by atoms with van der Waals surface area (Å²) in [5.74, 6) is -1.19. The maximum atomic E-state index is 15.1. The van der Waals surface area contributed by atoms with E-state index < -0.39 is 17.7 Å². The molecule has 6 nitrogen and oxygen atoms in total. The fourth-order valence-electron chi connectivity index (χ4n) is 5.35. The Morgan fingerprint density at radius 3 is 2.46 bits per heavy atom. The molecule has 0 amide bonds. The maximum absolute atomic E-state index is 15.1. The molecule has 188 valence electrons. The lowest BCUT2D eigenvalue weighted by Crippen LogP contribution is -2.57. The lowest BCUT2D eigenvalue weighted by atomic mass is 9.93. The van der Waals surface area contributed by atoms with E-state index in [1.54, 1.807) is 25.2 Å². The number of hydrogen-bond acceptors (Lipinski definition) is 5. The molecular formula is C29H27F2N5O. The quantitative estimate of drug-likeness (QED) is 0.405. The number of nitriles is 1. The smallest absolute Gasteiger partial charge is 0.252 e. The van der Waals surface area contributed by atoms with Crippen LogP contribution in [0.2, 0.25) is 0 Å². The molecule has 1 unspecified atom stereocenters. The van der Waals surface area contributed by atoms with Crippen LogP contribution in [0.5, 0.6) is 0 Å². The number of fused-ring (bicyclic) bond motifs is 1. The Hall–Kier alpha value is -4.09. The van der Waals surface area contributed by atoms with Gasteiger partial charge >= 0.3 is 0 Å². The number of anilines is 1. The molecular weight excluding hydrogens is 472 g/mol. The third-order valence-corrected chi connectivity index (χ3v) is 7.23. The molecule has 0 bridgehead atoms. The van der Waals surface area contributed by atoms with E-state index in [-0.39, 0.29) is 23.3 Å². The Balaban J connectivity index is 1.57. The van der Waals surface area contributed by atoms with Crippen LogP contribution in [0.1, 0.15) is 36.7 Å². The summed E-state index contributed by atoms with van der Waals surface area (Å²) in [6.07, 6.45) is 0. The highest BCUT2D eigenvalue weighted by Crippen LogP contribution is 2.36. The second kappa shape index (κ2) is 9.75. The van der Waals surface area contributed by atoms with Gasteiger partial charge in [0.25, 0.3) is 5.56 Å². The minimum absolute atomic E-state index is 0.0517. The van der Waals surface area contributed by atoms with Crippen LogP contribution in [0.4, 0.5) is 14.5 Å². The van der Waals surface area contributed by atoms with E-state index in [1.165, 1.54) is 16.7 Å². The van der Waals surface area contributed by atoms with Crippen molar-refractivity contribution < 1.29 is 8.78 Å². The van der Waals surface area contributed by atoms with Gasteiger partial charge in [0, 0.05) is 49.9 Å². The normalized spacial score (nSPS) is 19.1. The van der Waals surface area contributed by atoms with E-state index in [0.29, 0.717) is 35.4 Å². The summed E-state index contributed by atoms with van der Waals surface area (Å²) in [5.41, 5.74) is 3.38. The van der Waals surface area contributed by atoms with Gasteiger partial charge in [-0.05, 0) is 37.6 Å². The third kappa shape index (κ3) is 4.47. The summed E-state index contributed by atoms with van der Waals surface area (Å²) in [6.45, 7) is 5.23. The van der Waals surface area contributed by atoms with Gasteiger partial charge in [0.15, 0.2) is 0 Å². The Morgan fingerprint density at radius 1 is 1.00 bits per heavy atom. The molecule has 5 rings (SSSR count). The zero-order valence-corrected chi connectivity index (χ0v) is 20.9. The number of pyridine rings is 2. The van der Waals surface area contributed by atoms with E-state index >= 15 is 4.39 Å². The van der Waals surface area contributed by atoms with Gasteiger partial charge in [0.1, 0.15) is 28.9 Å². The Labute approximate surface area is 214 Å². The summed E-state index contributed by atoms with van der Waals surface area (Å²) in [4.78, 5) is 21.7. The van der Waals surface area contributed by atoms with Crippen molar-refractivity contribution in [3.8, 4) is 6.07 Å². The number of aromatic nitrogens is 2. The Kier molecular flexibility index (Phi) is 6.48. The molecule has 1 saturated heterocycles. The van der Waals surface area contributed by atoms with Crippen molar-refractivity contribution in [3.63, 3.8) is 0 Å². The molecule has 8 heteroatoms. The number of aryl methyl sites for hydroxylation is 1. The highest BCUT2D eigenvalue weighted by molar-refractivity contribution is 5.89. The first-order valence-corrected chi connectivity index (χ1v) is 12.2. The molecule has 1 aliphatic heterocycles. The van der Waals surface area contributed by atoms with Gasteiger partial charge in [-0.25, -0.2) is 13.8 Å². The Morgan fingerprint density at radius 2 is 1.76 bits per heavy atom. The van der Waals surface area contributed by atoms with Gasteiger partial charge in [-0.1, -0.05) is 36.4 Å². The molecule has 0 radical (unpaired) electrons. The van der Waals surface area contributed by atoms with Crippen LogP contribution in [0.3, 0.4) is 0 Å². The number of rotatable bonds is 4. The van der Waals surface area contributed by atoms with Crippen molar-refractivity contribution in [1.29, 1.82) is 5.26 Å². The molecule has 37 heavy (non-hydrogen) atoms. The molecule has 2 aromatic carbocycles. The zero-order valence-electron chi connectivity index (χ0n) is 20.9. The predicted octanol–water partition coefficient (Wildman–Crippen LogP) is 4.77. The van der Waals surface area contributed by atoms with Gasteiger partial charge in [-0.2, -0.15) is 5.26 Å². The van der Waals surface area contributed by atoms with Crippen molar-refractivity contribution in [2.75, 3.05) is 18.0 Å². The zero-order chi connectivity index (χ0) is 26.3. The second-order valence-corrected chi connectivity index (χ2v) is 9.63. The maximum Gasteiger partial charge on any atom is 0.252 e. The largest absolute Gasteiger partial charge is 0.364 e. The number of hydrogen-bond donors (Lipinski definition) is 0. The van der Waals surface area contributed by atoms with Crippen LogP contribution in [0, 0.1) is 23.0 Å². The van der Waals surface area contributed by atoms with E-state index in [4.69, 9.17) is 0 Å². The number of piperazine rings is 1. The van der Waals surface area contributed by atoms with Crippen LogP contribution in [0.25, 0.3) is 11.0 Å². The van der Waals surface area contributed by atoms with Crippen LogP contribution in [-0.4, -0.2) is 39.6 Å². The summed E-state index contributed by atoms with van der Waals surface area (Å²) in [5, 5.41) is 9.41. The van der Waals surface area contributed by atoms with Gasteiger partial charge in [0.05, 0.1) is 17.2 Å². The molecule has 3 atom stereocenters. The summed E-state index contributed by atoms with van der Waals surface area (Å²) >= 11 is 0. The van der Waals surface area contributed by atoms with Gasteiger partial charge in [-0.3, -0.25) is 9.69 Å². The van der Waals surface area contributed by atoms with Gasteiger partial charge in [0.2, 0.25) is 0 Å². The first kappa shape index (κ1) is 24.6. The lowest BCUT2D eigenvalue weighted by Gasteiger charge is -2.48. The van der Waals surface area contributed by atoms with Gasteiger partial charge < -0.3 is 9.47 Å². The molecule has 1 fully saturated rings. The molecule has 0 aliphatic carbocycles. The monoisotopic (exact) mass is 499 g/mol. The highest BCUT2D eigenvalue weighted by atomic mass is 19.1. The van der Waals surface area contributed by atoms with E-state index in [2.05, 4.69) is 34.7 Å². The van der Waals surface area contributed by atoms with Crippen LogP contribution >= 0.6 is 0 Å². The topological polar surface area (TPSA) is 65.2 Å². The van der Waals surface area contributed by atoms with Crippen molar-refractivity contribution in [3.05, 3.63) is 106 Å². The number of benzene rings is 2. The summed E-state index contributed by atoms with van der Waals surface area (Å²) in [6, 6.07) is 19.9. The first-order valence-electron chi connectivity index (χ1n) is 12.2. The van der Waals surface area contributed by atoms with Crippen LogP contribution in [-0.2, 0) is 7.05 Å². The van der Waals surface area contributed by atoms with E-state index in [1.807, 2.05) is 30.3 Å². The Bertz CT molecular complexity index is 1560. The first-order chi connectivity index (χ1) is 17.8. The van der Waals surface area contributed by atoms with Crippen molar-refractivity contribution >= 4 is 16.7 Å². The molecule has 0 N–H and O–H groups in total. The minimum Gasteiger partial charge on any atom is -0.364 e. The average Bonchev–Trinajstić information content (AvgIpc) is 2.89. The SMILES string of the molecule is C[C@@H]1CN(c2cc(=O)n(C)c3ccc(C#N)nc23)[C@@H](C)CN1C(c1ccccc1)c1ccc(F)cc1F. The average molecular weight is 500 g/mol.